The lowest BCUT2D eigenvalue weighted by atomic mass is 10.3. The maximum atomic E-state index is 4.85. The number of methoxy groups -OCH3 is 1. The van der Waals surface area contributed by atoms with Crippen molar-refractivity contribution >= 4 is 0 Å². The molecule has 0 aliphatic heterocycles. The van der Waals surface area contributed by atoms with E-state index in [1.54, 1.807) is 7.11 Å². The first-order chi connectivity index (χ1) is 3.91. The molecule has 0 atom stereocenters. The van der Waals surface area contributed by atoms with Crippen molar-refractivity contribution in [2.45, 2.75) is 19.8 Å². The first kappa shape index (κ1) is 7.70. The third kappa shape index (κ3) is 5.70. The third-order valence-electron chi connectivity index (χ3n) is 0.955. The Balaban J connectivity index is 2.72. The fourth-order valence-electron chi connectivity index (χ4n) is 0.512. The van der Waals surface area contributed by atoms with E-state index in [1.807, 2.05) is 6.92 Å². The molecule has 0 fully saturated rings. The number of hydrogen-bond donors (Lipinski definition) is 0. The fourth-order valence-corrected chi connectivity index (χ4v) is 0.512. The van der Waals surface area contributed by atoms with Crippen molar-refractivity contribution in [3.63, 3.8) is 0 Å². The Bertz CT molecular complexity index is 57.4. The highest BCUT2D eigenvalue weighted by Crippen LogP contribution is 1.89. The van der Waals surface area contributed by atoms with Gasteiger partial charge in [-0.15, -0.1) is 0 Å². The maximum absolute atomic E-state index is 4.85. The van der Waals surface area contributed by atoms with E-state index in [9.17, 15) is 0 Å². The molecule has 0 heterocycles. The summed E-state index contributed by atoms with van der Waals surface area (Å²) in [7, 11) is 1.73. The first-order valence-corrected chi connectivity index (χ1v) is 3.02. The predicted molar refractivity (Wildman–Crippen MR) is 35.9 cm³/mol. The van der Waals surface area contributed by atoms with Gasteiger partial charge in [-0.3, -0.25) is 0 Å². The molecule has 0 rings (SSSR count). The monoisotopic (exact) mass is 114 g/mol. The average Bonchev–Trinajstić information content (AvgIpc) is 1.81. The Morgan fingerprint density at radius 2 is 2.25 bits per heavy atom. The van der Waals surface area contributed by atoms with Gasteiger partial charge in [0.2, 0.25) is 0 Å². The van der Waals surface area contributed by atoms with E-state index in [0.29, 0.717) is 0 Å². The molecule has 0 saturated heterocycles. The maximum Gasteiger partial charge on any atom is 0.0465 e. The molecular formula is C7H14O. The minimum atomic E-state index is 0.879. The van der Waals surface area contributed by atoms with E-state index in [4.69, 9.17) is 4.74 Å². The largest absolute Gasteiger partial charge is 0.385 e. The van der Waals surface area contributed by atoms with Crippen LogP contribution in [0.5, 0.6) is 0 Å². The van der Waals surface area contributed by atoms with Gasteiger partial charge in [0.25, 0.3) is 0 Å². The van der Waals surface area contributed by atoms with Crippen molar-refractivity contribution < 1.29 is 4.74 Å². The molecule has 0 aromatic heterocycles. The van der Waals surface area contributed by atoms with Crippen molar-refractivity contribution in [1.82, 2.24) is 0 Å². The van der Waals surface area contributed by atoms with Gasteiger partial charge in [-0.25, -0.2) is 0 Å². The van der Waals surface area contributed by atoms with Gasteiger partial charge in [0.15, 0.2) is 0 Å². The average molecular weight is 114 g/mol. The number of rotatable bonds is 4. The minimum absolute atomic E-state index is 0.879. The van der Waals surface area contributed by atoms with E-state index in [-0.39, 0.29) is 0 Å². The first-order valence-electron chi connectivity index (χ1n) is 3.02. The van der Waals surface area contributed by atoms with Crippen molar-refractivity contribution in [3.05, 3.63) is 12.2 Å². The molecule has 0 aliphatic rings. The normalized spacial score (nSPS) is 10.8. The van der Waals surface area contributed by atoms with Crippen LogP contribution in [0.4, 0.5) is 0 Å². The van der Waals surface area contributed by atoms with E-state index in [0.717, 1.165) is 19.4 Å². The highest BCUT2D eigenvalue weighted by molar-refractivity contribution is 4.75. The molecular weight excluding hydrogens is 100 g/mol. The molecule has 0 amide bonds. The second-order valence-electron chi connectivity index (χ2n) is 1.70. The molecule has 1 nitrogen and oxygen atoms in total. The number of unbranched alkanes of at least 4 members (excludes halogenated alkanes) is 1. The van der Waals surface area contributed by atoms with E-state index < -0.39 is 0 Å². The predicted octanol–water partition coefficient (Wildman–Crippen LogP) is 1.99. The lowest BCUT2D eigenvalue weighted by Crippen LogP contribution is -1.85. The van der Waals surface area contributed by atoms with Crippen molar-refractivity contribution in [1.29, 1.82) is 0 Å². The summed E-state index contributed by atoms with van der Waals surface area (Å²) >= 11 is 0. The minimum Gasteiger partial charge on any atom is -0.385 e. The zero-order valence-corrected chi connectivity index (χ0v) is 5.68. The standard InChI is InChI=1S/C7H14O/c1-3-4-5-6-7-8-2/h3-4H,5-7H2,1-2H3/b4-3+. The van der Waals surface area contributed by atoms with Crippen LogP contribution >= 0.6 is 0 Å². The van der Waals surface area contributed by atoms with Crippen LogP contribution in [0.3, 0.4) is 0 Å². The zero-order chi connectivity index (χ0) is 6.24. The molecule has 0 spiro atoms. The highest BCUT2D eigenvalue weighted by Gasteiger charge is 1.78. The zero-order valence-electron chi connectivity index (χ0n) is 5.68. The molecule has 0 saturated carbocycles. The summed E-state index contributed by atoms with van der Waals surface area (Å²) in [6.45, 7) is 2.91. The SMILES string of the molecule is C/C=C/CCCOC. The fraction of sp³-hybridized carbons (Fsp3) is 0.714. The topological polar surface area (TPSA) is 9.23 Å². The van der Waals surface area contributed by atoms with Gasteiger partial charge < -0.3 is 4.74 Å². The number of ether oxygens (including phenoxy) is 1. The second kappa shape index (κ2) is 6.70. The van der Waals surface area contributed by atoms with Crippen LogP contribution in [0.2, 0.25) is 0 Å². The molecule has 0 aliphatic carbocycles. The number of hydrogen-bond acceptors (Lipinski definition) is 1. The molecule has 1 heteroatoms. The summed E-state index contributed by atoms with van der Waals surface area (Å²) in [6.07, 6.45) is 6.50. The Kier molecular flexibility index (Phi) is 6.45. The van der Waals surface area contributed by atoms with Gasteiger partial charge in [-0.1, -0.05) is 12.2 Å². The molecule has 0 N–H and O–H groups in total. The summed E-state index contributed by atoms with van der Waals surface area (Å²) in [6, 6.07) is 0. The molecule has 0 bridgehead atoms. The Morgan fingerprint density at radius 3 is 2.75 bits per heavy atom. The number of allylic oxidation sites excluding steroid dienone is 2. The Labute approximate surface area is 51.4 Å². The summed E-state index contributed by atoms with van der Waals surface area (Å²) in [5.41, 5.74) is 0. The highest BCUT2D eigenvalue weighted by atomic mass is 16.5. The lowest BCUT2D eigenvalue weighted by molar-refractivity contribution is 0.196. The van der Waals surface area contributed by atoms with Crippen molar-refractivity contribution in [2.24, 2.45) is 0 Å². The molecule has 0 aromatic rings. The van der Waals surface area contributed by atoms with Crippen LogP contribution in [0.25, 0.3) is 0 Å². The van der Waals surface area contributed by atoms with E-state index in [2.05, 4.69) is 12.2 Å². The van der Waals surface area contributed by atoms with Crippen LogP contribution in [0, 0.1) is 0 Å². The summed E-state index contributed by atoms with van der Waals surface area (Å²) < 4.78 is 4.85. The van der Waals surface area contributed by atoms with Crippen molar-refractivity contribution in [2.75, 3.05) is 13.7 Å². The Hall–Kier alpha value is -0.300. The van der Waals surface area contributed by atoms with Gasteiger partial charge in [-0.2, -0.15) is 0 Å². The smallest absolute Gasteiger partial charge is 0.0465 e. The summed E-state index contributed by atoms with van der Waals surface area (Å²) in [4.78, 5) is 0. The summed E-state index contributed by atoms with van der Waals surface area (Å²) in [5, 5.41) is 0. The molecule has 0 aromatic carbocycles. The molecule has 48 valence electrons. The molecule has 0 unspecified atom stereocenters. The van der Waals surface area contributed by atoms with Gasteiger partial charge in [-0.05, 0) is 19.8 Å². The lowest BCUT2D eigenvalue weighted by Gasteiger charge is -1.91. The van der Waals surface area contributed by atoms with Gasteiger partial charge in [0.05, 0.1) is 0 Å². The van der Waals surface area contributed by atoms with E-state index in [1.165, 1.54) is 0 Å². The van der Waals surface area contributed by atoms with Gasteiger partial charge >= 0.3 is 0 Å². The summed E-state index contributed by atoms with van der Waals surface area (Å²) in [5.74, 6) is 0. The molecule has 8 heavy (non-hydrogen) atoms. The van der Waals surface area contributed by atoms with Crippen LogP contribution in [-0.2, 0) is 4.74 Å². The van der Waals surface area contributed by atoms with Crippen LogP contribution in [-0.4, -0.2) is 13.7 Å². The van der Waals surface area contributed by atoms with Gasteiger partial charge in [0, 0.05) is 13.7 Å². The second-order valence-corrected chi connectivity index (χ2v) is 1.70. The van der Waals surface area contributed by atoms with Gasteiger partial charge in [0.1, 0.15) is 0 Å². The van der Waals surface area contributed by atoms with E-state index >= 15 is 0 Å². The third-order valence-corrected chi connectivity index (χ3v) is 0.955. The Morgan fingerprint density at radius 1 is 1.50 bits per heavy atom. The van der Waals surface area contributed by atoms with Crippen LogP contribution < -0.4 is 0 Å². The quantitative estimate of drug-likeness (QED) is 0.401. The van der Waals surface area contributed by atoms with Crippen LogP contribution in [0.1, 0.15) is 19.8 Å². The van der Waals surface area contributed by atoms with Crippen LogP contribution in [0.15, 0.2) is 12.2 Å². The van der Waals surface area contributed by atoms with Crippen molar-refractivity contribution in [3.8, 4) is 0 Å². The molecule has 0 radical (unpaired) electrons.